The van der Waals surface area contributed by atoms with Gasteiger partial charge in [-0.15, -0.1) is 0 Å². The number of hydrogen-bond donors (Lipinski definition) is 1. The number of ether oxygens (including phenoxy) is 1. The Morgan fingerprint density at radius 2 is 1.79 bits per heavy atom. The highest BCUT2D eigenvalue weighted by Gasteiger charge is 2.20. The Kier molecular flexibility index (Phi) is 6.25. The van der Waals surface area contributed by atoms with Gasteiger partial charge in [0.1, 0.15) is 22.4 Å². The van der Waals surface area contributed by atoms with Crippen molar-refractivity contribution in [1.29, 1.82) is 0 Å². The Labute approximate surface area is 175 Å². The van der Waals surface area contributed by atoms with Crippen molar-refractivity contribution in [2.45, 2.75) is 0 Å². The molecular weight excluding hydrogens is 423 g/mol. The SMILES string of the molecule is CN(c1cc(-c2cccc(F)c2)ccc1F)c1c(Cl)ccc(OCC(=O)O)c1Cl. The fourth-order valence-electron chi connectivity index (χ4n) is 2.82. The van der Waals surface area contributed by atoms with Crippen molar-refractivity contribution < 1.29 is 23.4 Å². The summed E-state index contributed by atoms with van der Waals surface area (Å²) in [4.78, 5) is 12.2. The molecular formula is C21H15Cl2F2NO3. The Morgan fingerprint density at radius 1 is 1.07 bits per heavy atom. The Hall–Kier alpha value is -2.83. The lowest BCUT2D eigenvalue weighted by molar-refractivity contribution is -0.139. The van der Waals surface area contributed by atoms with E-state index in [-0.39, 0.29) is 27.2 Å². The molecule has 0 aliphatic heterocycles. The summed E-state index contributed by atoms with van der Waals surface area (Å²) < 4.78 is 33.3. The minimum absolute atomic E-state index is 0.0387. The van der Waals surface area contributed by atoms with Gasteiger partial charge in [0.05, 0.1) is 16.4 Å². The molecule has 150 valence electrons. The minimum Gasteiger partial charge on any atom is -0.480 e. The number of hydrogen-bond acceptors (Lipinski definition) is 3. The molecule has 0 saturated heterocycles. The zero-order chi connectivity index (χ0) is 21.1. The maximum atomic E-state index is 14.6. The van der Waals surface area contributed by atoms with Crippen LogP contribution in [0.15, 0.2) is 54.6 Å². The molecule has 29 heavy (non-hydrogen) atoms. The van der Waals surface area contributed by atoms with Crippen molar-refractivity contribution in [2.75, 3.05) is 18.6 Å². The average molecular weight is 438 g/mol. The Morgan fingerprint density at radius 3 is 2.48 bits per heavy atom. The van der Waals surface area contributed by atoms with Crippen molar-refractivity contribution in [3.8, 4) is 16.9 Å². The molecule has 3 aromatic rings. The number of carboxylic acids is 1. The van der Waals surface area contributed by atoms with Crippen LogP contribution in [-0.2, 0) is 4.79 Å². The first-order valence-corrected chi connectivity index (χ1v) is 9.15. The Balaban J connectivity index is 2.04. The van der Waals surface area contributed by atoms with E-state index in [1.807, 2.05) is 0 Å². The molecule has 4 nitrogen and oxygen atoms in total. The fraction of sp³-hybridized carbons (Fsp3) is 0.0952. The molecule has 0 atom stereocenters. The molecule has 0 aliphatic carbocycles. The number of carbonyl (C=O) groups is 1. The van der Waals surface area contributed by atoms with Crippen molar-refractivity contribution in [1.82, 2.24) is 0 Å². The van der Waals surface area contributed by atoms with E-state index in [2.05, 4.69) is 0 Å². The molecule has 3 rings (SSSR count). The second-order valence-corrected chi connectivity index (χ2v) is 6.91. The summed E-state index contributed by atoms with van der Waals surface area (Å²) in [7, 11) is 1.56. The monoisotopic (exact) mass is 437 g/mol. The summed E-state index contributed by atoms with van der Waals surface area (Å²) in [6.45, 7) is -0.589. The van der Waals surface area contributed by atoms with Crippen LogP contribution in [0.25, 0.3) is 11.1 Å². The number of rotatable bonds is 6. The van der Waals surface area contributed by atoms with Gasteiger partial charge in [-0.3, -0.25) is 0 Å². The molecule has 0 radical (unpaired) electrons. The fourth-order valence-corrected chi connectivity index (χ4v) is 3.50. The quantitative estimate of drug-likeness (QED) is 0.500. The second kappa shape index (κ2) is 8.68. The molecule has 0 unspecified atom stereocenters. The van der Waals surface area contributed by atoms with E-state index in [0.717, 1.165) is 0 Å². The number of carboxylic acid groups (broad SMARTS) is 1. The molecule has 0 aliphatic rings. The molecule has 0 amide bonds. The van der Waals surface area contributed by atoms with Crippen LogP contribution in [0.4, 0.5) is 20.2 Å². The molecule has 1 N–H and O–H groups in total. The van der Waals surface area contributed by atoms with Crippen LogP contribution in [0.2, 0.25) is 10.0 Å². The normalized spacial score (nSPS) is 10.7. The standard InChI is InChI=1S/C21H15Cl2F2NO3/c1-26(21-15(22)6-8-18(20(21)23)29-11-19(27)28)17-10-13(5-7-16(17)25)12-3-2-4-14(24)9-12/h2-10H,11H2,1H3,(H,27,28). The number of anilines is 2. The minimum atomic E-state index is -1.17. The van der Waals surface area contributed by atoms with Gasteiger partial charge in [-0.05, 0) is 47.5 Å². The van der Waals surface area contributed by atoms with Crippen LogP contribution in [0.1, 0.15) is 0 Å². The molecule has 0 saturated carbocycles. The highest BCUT2D eigenvalue weighted by atomic mass is 35.5. The smallest absolute Gasteiger partial charge is 0.341 e. The largest absolute Gasteiger partial charge is 0.480 e. The van der Waals surface area contributed by atoms with E-state index in [1.54, 1.807) is 25.2 Å². The van der Waals surface area contributed by atoms with Crippen molar-refractivity contribution in [3.63, 3.8) is 0 Å². The van der Waals surface area contributed by atoms with Crippen LogP contribution in [0.3, 0.4) is 0 Å². The first-order chi connectivity index (χ1) is 13.8. The van der Waals surface area contributed by atoms with Gasteiger partial charge in [0, 0.05) is 7.05 Å². The third kappa shape index (κ3) is 4.60. The molecule has 0 fully saturated rings. The maximum Gasteiger partial charge on any atom is 0.341 e. The lowest BCUT2D eigenvalue weighted by Gasteiger charge is -2.24. The van der Waals surface area contributed by atoms with E-state index < -0.39 is 24.2 Å². The van der Waals surface area contributed by atoms with Crippen molar-refractivity contribution >= 4 is 40.5 Å². The zero-order valence-electron chi connectivity index (χ0n) is 15.1. The molecule has 3 aromatic carbocycles. The average Bonchev–Trinajstić information content (AvgIpc) is 2.67. The topological polar surface area (TPSA) is 49.8 Å². The molecule has 0 heterocycles. The number of nitrogens with zero attached hydrogens (tertiary/aromatic N) is 1. The second-order valence-electron chi connectivity index (χ2n) is 6.13. The van der Waals surface area contributed by atoms with Gasteiger partial charge in [0.2, 0.25) is 0 Å². The summed E-state index contributed by atoms with van der Waals surface area (Å²) in [6, 6.07) is 13.2. The van der Waals surface area contributed by atoms with Crippen molar-refractivity contribution in [2.24, 2.45) is 0 Å². The van der Waals surface area contributed by atoms with E-state index >= 15 is 0 Å². The van der Waals surface area contributed by atoms with E-state index in [9.17, 15) is 13.6 Å². The third-order valence-corrected chi connectivity index (χ3v) is 4.85. The van der Waals surface area contributed by atoms with Gasteiger partial charge >= 0.3 is 5.97 Å². The van der Waals surface area contributed by atoms with Gasteiger partial charge in [0.15, 0.2) is 6.61 Å². The third-order valence-electron chi connectivity index (χ3n) is 4.18. The first-order valence-electron chi connectivity index (χ1n) is 8.39. The lowest BCUT2D eigenvalue weighted by Crippen LogP contribution is -2.14. The number of halogens is 4. The Bertz CT molecular complexity index is 1080. The van der Waals surface area contributed by atoms with Gasteiger partial charge in [-0.25, -0.2) is 13.6 Å². The van der Waals surface area contributed by atoms with Crippen LogP contribution in [0.5, 0.6) is 5.75 Å². The van der Waals surface area contributed by atoms with E-state index in [4.69, 9.17) is 33.0 Å². The summed E-state index contributed by atoms with van der Waals surface area (Å²) in [5.41, 5.74) is 1.56. The summed E-state index contributed by atoms with van der Waals surface area (Å²) in [5.74, 6) is -2.02. The molecule has 0 aromatic heterocycles. The first kappa shape index (κ1) is 20.9. The highest BCUT2D eigenvalue weighted by Crippen LogP contribution is 2.43. The summed E-state index contributed by atoms with van der Waals surface area (Å²) >= 11 is 12.6. The number of aliphatic carboxylic acids is 1. The van der Waals surface area contributed by atoms with Crippen LogP contribution in [-0.4, -0.2) is 24.7 Å². The van der Waals surface area contributed by atoms with Crippen LogP contribution in [0, 0.1) is 11.6 Å². The summed E-state index contributed by atoms with van der Waals surface area (Å²) in [5, 5.41) is 9.05. The maximum absolute atomic E-state index is 14.6. The van der Waals surface area contributed by atoms with Gasteiger partial charge in [-0.2, -0.15) is 0 Å². The predicted octanol–water partition coefficient (Wildman–Crippen LogP) is 6.17. The molecule has 0 spiro atoms. The molecule has 8 heteroatoms. The van der Waals surface area contributed by atoms with E-state index in [0.29, 0.717) is 11.1 Å². The number of benzene rings is 3. The summed E-state index contributed by atoms with van der Waals surface area (Å²) in [6.07, 6.45) is 0. The predicted molar refractivity (Wildman–Crippen MR) is 109 cm³/mol. The van der Waals surface area contributed by atoms with E-state index in [1.165, 1.54) is 41.3 Å². The van der Waals surface area contributed by atoms with Gasteiger partial charge in [-0.1, -0.05) is 41.4 Å². The zero-order valence-corrected chi connectivity index (χ0v) is 16.6. The van der Waals surface area contributed by atoms with Crippen LogP contribution >= 0.6 is 23.2 Å². The van der Waals surface area contributed by atoms with Crippen LogP contribution < -0.4 is 9.64 Å². The lowest BCUT2D eigenvalue weighted by atomic mass is 10.0. The van der Waals surface area contributed by atoms with Crippen molar-refractivity contribution in [3.05, 3.63) is 76.3 Å². The molecule has 0 bridgehead atoms. The van der Waals surface area contributed by atoms with Gasteiger partial charge in [0.25, 0.3) is 0 Å². The highest BCUT2D eigenvalue weighted by molar-refractivity contribution is 6.40. The van der Waals surface area contributed by atoms with Gasteiger partial charge < -0.3 is 14.7 Å².